The molecule has 0 aromatic rings. The highest BCUT2D eigenvalue weighted by Crippen LogP contribution is 2.17. The van der Waals surface area contributed by atoms with E-state index in [0.717, 1.165) is 0 Å². The highest BCUT2D eigenvalue weighted by Gasteiger charge is 2.25. The first-order chi connectivity index (χ1) is 6.29. The molecule has 0 rings (SSSR count). The zero-order valence-electron chi connectivity index (χ0n) is 8.91. The average Bonchev–Trinajstić information content (AvgIpc) is 2.10. The lowest BCUT2D eigenvalue weighted by Gasteiger charge is -2.17. The number of rotatable bonds is 4. The van der Waals surface area contributed by atoms with E-state index in [1.165, 1.54) is 6.21 Å². The second-order valence-electron chi connectivity index (χ2n) is 3.88. The first-order valence-corrected chi connectivity index (χ1v) is 5.33. The van der Waals surface area contributed by atoms with Gasteiger partial charge < -0.3 is 9.66 Å². The lowest BCUT2D eigenvalue weighted by molar-refractivity contribution is 0.335. The van der Waals surface area contributed by atoms with Crippen LogP contribution in [0.1, 0.15) is 20.8 Å². The van der Waals surface area contributed by atoms with E-state index in [-0.39, 0.29) is 11.4 Å². The Balaban J connectivity index is 4.32. The third kappa shape index (κ3) is 4.60. The molecule has 0 aromatic carbocycles. The molecule has 80 valence electrons. The number of hydrogen-bond acceptors (Lipinski definition) is 3. The van der Waals surface area contributed by atoms with E-state index in [9.17, 15) is 4.55 Å². The van der Waals surface area contributed by atoms with Crippen LogP contribution >= 0.6 is 0 Å². The molecular formula is C10H17NO2S. The SMILES string of the molecule is C=C(/C=N/[S+]([O-])C(C)(C)C)C(=C)CO. The Hall–Kier alpha value is -0.580. The van der Waals surface area contributed by atoms with Crippen LogP contribution in [0.5, 0.6) is 0 Å². The summed E-state index contributed by atoms with van der Waals surface area (Å²) in [6.07, 6.45) is 1.39. The van der Waals surface area contributed by atoms with Crippen molar-refractivity contribution in [3.63, 3.8) is 0 Å². The lowest BCUT2D eigenvalue weighted by atomic mass is 10.2. The third-order valence-corrected chi connectivity index (χ3v) is 2.82. The molecule has 0 aliphatic rings. The number of aliphatic hydroxyl groups is 1. The molecule has 0 saturated heterocycles. The minimum atomic E-state index is -1.29. The maximum atomic E-state index is 11.5. The fraction of sp³-hybridized carbons (Fsp3) is 0.500. The van der Waals surface area contributed by atoms with Gasteiger partial charge in [0.2, 0.25) is 0 Å². The van der Waals surface area contributed by atoms with Gasteiger partial charge in [-0.3, -0.25) is 0 Å². The summed E-state index contributed by atoms with van der Waals surface area (Å²) in [6.45, 7) is 12.6. The first-order valence-electron chi connectivity index (χ1n) is 4.23. The topological polar surface area (TPSA) is 55.7 Å². The molecule has 0 bridgehead atoms. The predicted molar refractivity (Wildman–Crippen MR) is 61.8 cm³/mol. The van der Waals surface area contributed by atoms with Crippen LogP contribution in [-0.4, -0.2) is 27.2 Å². The fourth-order valence-corrected chi connectivity index (χ4v) is 1.00. The zero-order chi connectivity index (χ0) is 11.4. The van der Waals surface area contributed by atoms with Crippen LogP contribution < -0.4 is 0 Å². The summed E-state index contributed by atoms with van der Waals surface area (Å²) < 4.78 is 14.9. The quantitative estimate of drug-likeness (QED) is 0.440. The molecule has 0 fully saturated rings. The Kier molecular flexibility index (Phi) is 5.12. The Morgan fingerprint density at radius 2 is 2.00 bits per heavy atom. The molecular weight excluding hydrogens is 198 g/mol. The maximum absolute atomic E-state index is 11.5. The van der Waals surface area contributed by atoms with Crippen molar-refractivity contribution in [2.75, 3.05) is 6.61 Å². The molecule has 1 N–H and O–H groups in total. The Morgan fingerprint density at radius 1 is 1.50 bits per heavy atom. The van der Waals surface area contributed by atoms with Crippen molar-refractivity contribution in [1.82, 2.24) is 0 Å². The predicted octanol–water partition coefficient (Wildman–Crippen LogP) is 1.62. The van der Waals surface area contributed by atoms with Gasteiger partial charge >= 0.3 is 0 Å². The first kappa shape index (κ1) is 13.4. The minimum absolute atomic E-state index is 0.160. The van der Waals surface area contributed by atoms with Crippen molar-refractivity contribution >= 4 is 17.6 Å². The van der Waals surface area contributed by atoms with Gasteiger partial charge in [-0.1, -0.05) is 17.6 Å². The molecule has 0 spiro atoms. The minimum Gasteiger partial charge on any atom is -0.591 e. The van der Waals surface area contributed by atoms with E-state index >= 15 is 0 Å². The van der Waals surface area contributed by atoms with E-state index in [1.54, 1.807) is 0 Å². The second-order valence-corrected chi connectivity index (χ2v) is 5.82. The molecule has 0 amide bonds. The molecule has 0 radical (unpaired) electrons. The van der Waals surface area contributed by atoms with E-state index in [2.05, 4.69) is 17.6 Å². The largest absolute Gasteiger partial charge is 0.591 e. The average molecular weight is 215 g/mol. The molecule has 0 saturated carbocycles. The van der Waals surface area contributed by atoms with Gasteiger partial charge in [0.15, 0.2) is 0 Å². The Bertz CT molecular complexity index is 253. The zero-order valence-corrected chi connectivity index (χ0v) is 9.73. The van der Waals surface area contributed by atoms with Crippen molar-refractivity contribution in [1.29, 1.82) is 0 Å². The molecule has 0 heterocycles. The normalized spacial score (nSPS) is 14.4. The van der Waals surface area contributed by atoms with Gasteiger partial charge in [-0.25, -0.2) is 0 Å². The smallest absolute Gasteiger partial charge is 0.144 e. The highest BCUT2D eigenvalue weighted by atomic mass is 32.2. The van der Waals surface area contributed by atoms with Gasteiger partial charge in [0, 0.05) is 0 Å². The summed E-state index contributed by atoms with van der Waals surface area (Å²) in [5, 5.41) is 8.73. The van der Waals surface area contributed by atoms with Gasteiger partial charge in [-0.2, -0.15) is 0 Å². The molecule has 3 nitrogen and oxygen atoms in total. The highest BCUT2D eigenvalue weighted by molar-refractivity contribution is 7.91. The van der Waals surface area contributed by atoms with Gasteiger partial charge in [0.25, 0.3) is 0 Å². The number of nitrogens with zero attached hydrogens (tertiary/aromatic N) is 1. The third-order valence-electron chi connectivity index (χ3n) is 1.47. The number of hydrogen-bond donors (Lipinski definition) is 1. The molecule has 1 atom stereocenters. The van der Waals surface area contributed by atoms with Crippen molar-refractivity contribution in [2.24, 2.45) is 4.40 Å². The van der Waals surface area contributed by atoms with Crippen LogP contribution in [0.4, 0.5) is 0 Å². The van der Waals surface area contributed by atoms with Crippen molar-refractivity contribution in [2.45, 2.75) is 25.5 Å². The van der Waals surface area contributed by atoms with E-state index < -0.39 is 11.4 Å². The van der Waals surface area contributed by atoms with Crippen molar-refractivity contribution in [3.8, 4) is 0 Å². The second kappa shape index (κ2) is 5.34. The summed E-state index contributed by atoms with van der Waals surface area (Å²) in [5.74, 6) is 0. The summed E-state index contributed by atoms with van der Waals surface area (Å²) in [4.78, 5) is 0. The standard InChI is InChI=1S/C10H17NO2S/c1-8(9(2)7-12)6-11-14(13)10(3,4)5/h6,12H,1-2,7H2,3-5H3/b11-6+. The molecule has 1 unspecified atom stereocenters. The summed E-state index contributed by atoms with van der Waals surface area (Å²) in [5.41, 5.74) is 0.991. The summed E-state index contributed by atoms with van der Waals surface area (Å²) in [7, 11) is 0. The van der Waals surface area contributed by atoms with Crippen LogP contribution in [0.3, 0.4) is 0 Å². The Labute approximate surface area is 88.6 Å². The monoisotopic (exact) mass is 215 g/mol. The lowest BCUT2D eigenvalue weighted by Crippen LogP contribution is -2.25. The van der Waals surface area contributed by atoms with Crippen molar-refractivity contribution < 1.29 is 9.66 Å². The molecule has 0 aliphatic carbocycles. The molecule has 4 heteroatoms. The van der Waals surface area contributed by atoms with Crippen LogP contribution in [0.2, 0.25) is 0 Å². The van der Waals surface area contributed by atoms with E-state index in [4.69, 9.17) is 5.11 Å². The number of aliphatic hydroxyl groups excluding tert-OH is 1. The molecule has 0 aliphatic heterocycles. The van der Waals surface area contributed by atoms with Crippen LogP contribution in [0.25, 0.3) is 0 Å². The molecule has 14 heavy (non-hydrogen) atoms. The maximum Gasteiger partial charge on any atom is 0.144 e. The van der Waals surface area contributed by atoms with Gasteiger partial charge in [-0.15, -0.1) is 0 Å². The van der Waals surface area contributed by atoms with Crippen LogP contribution in [0.15, 0.2) is 28.7 Å². The fourth-order valence-electron chi connectivity index (χ4n) is 0.462. The van der Waals surface area contributed by atoms with E-state index in [0.29, 0.717) is 11.1 Å². The van der Waals surface area contributed by atoms with Crippen LogP contribution in [-0.2, 0) is 11.4 Å². The summed E-state index contributed by atoms with van der Waals surface area (Å²) in [6, 6.07) is 0. The summed E-state index contributed by atoms with van der Waals surface area (Å²) >= 11 is -1.29. The van der Waals surface area contributed by atoms with E-state index in [1.807, 2.05) is 20.8 Å². The van der Waals surface area contributed by atoms with Crippen molar-refractivity contribution in [3.05, 3.63) is 24.3 Å². The van der Waals surface area contributed by atoms with Crippen LogP contribution in [0, 0.1) is 0 Å². The van der Waals surface area contributed by atoms with Gasteiger partial charge in [0.1, 0.15) is 16.1 Å². The Morgan fingerprint density at radius 3 is 2.36 bits per heavy atom. The van der Waals surface area contributed by atoms with Gasteiger partial charge in [0.05, 0.1) is 12.8 Å². The molecule has 0 aromatic heterocycles. The van der Waals surface area contributed by atoms with Gasteiger partial charge in [-0.05, 0) is 31.9 Å².